The van der Waals surface area contributed by atoms with Gasteiger partial charge in [-0.2, -0.15) is 0 Å². The van der Waals surface area contributed by atoms with Crippen molar-refractivity contribution in [2.24, 2.45) is 11.7 Å². The third kappa shape index (κ3) is 2.97. The highest BCUT2D eigenvalue weighted by atomic mass is 15.1. The van der Waals surface area contributed by atoms with Gasteiger partial charge in [0.25, 0.3) is 0 Å². The zero-order valence-corrected chi connectivity index (χ0v) is 10.9. The fourth-order valence-electron chi connectivity index (χ4n) is 2.22. The van der Waals surface area contributed by atoms with Gasteiger partial charge in [0.15, 0.2) is 0 Å². The number of nitrogens with two attached hydrogens (primary N) is 1. The second-order valence-corrected chi connectivity index (χ2v) is 5.13. The molecule has 0 aromatic carbocycles. The van der Waals surface area contributed by atoms with Gasteiger partial charge in [0, 0.05) is 19.6 Å². The summed E-state index contributed by atoms with van der Waals surface area (Å²) in [5.41, 5.74) is 8.15. The molecule has 2 rings (SSSR count). The predicted molar refractivity (Wildman–Crippen MR) is 72.1 cm³/mol. The summed E-state index contributed by atoms with van der Waals surface area (Å²) in [5.74, 6) is 0.887. The van der Waals surface area contributed by atoms with E-state index in [0.717, 1.165) is 24.6 Å². The summed E-state index contributed by atoms with van der Waals surface area (Å²) < 4.78 is 0. The lowest BCUT2D eigenvalue weighted by Gasteiger charge is -2.31. The van der Waals surface area contributed by atoms with E-state index in [1.165, 1.54) is 24.9 Å². The molecule has 0 saturated heterocycles. The number of hydrogen-bond donors (Lipinski definition) is 1. The molecular weight excluding hydrogens is 210 g/mol. The highest BCUT2D eigenvalue weighted by molar-refractivity contribution is 5.44. The van der Waals surface area contributed by atoms with Crippen molar-refractivity contribution in [2.75, 3.05) is 18.5 Å². The summed E-state index contributed by atoms with van der Waals surface area (Å²) in [4.78, 5) is 6.76. The van der Waals surface area contributed by atoms with Gasteiger partial charge in [-0.25, -0.2) is 0 Å². The van der Waals surface area contributed by atoms with E-state index >= 15 is 0 Å². The number of rotatable bonds is 5. The topological polar surface area (TPSA) is 42.1 Å². The SMILES string of the molecule is CC[C@@H](N)c1ccc(N(C)CC2CCC2)cn1. The Balaban J connectivity index is 1.96. The molecule has 0 amide bonds. The Labute approximate surface area is 104 Å². The minimum atomic E-state index is 0.0704. The quantitative estimate of drug-likeness (QED) is 0.850. The molecule has 1 saturated carbocycles. The van der Waals surface area contributed by atoms with Crippen LogP contribution in [0.25, 0.3) is 0 Å². The zero-order chi connectivity index (χ0) is 12.3. The summed E-state index contributed by atoms with van der Waals surface area (Å²) in [7, 11) is 2.15. The molecule has 0 unspecified atom stereocenters. The Bertz CT molecular complexity index is 343. The van der Waals surface area contributed by atoms with Gasteiger partial charge in [-0.15, -0.1) is 0 Å². The van der Waals surface area contributed by atoms with Gasteiger partial charge < -0.3 is 10.6 Å². The number of pyridine rings is 1. The van der Waals surface area contributed by atoms with Crippen LogP contribution in [0.5, 0.6) is 0 Å². The summed E-state index contributed by atoms with van der Waals surface area (Å²) in [5, 5.41) is 0. The fourth-order valence-corrected chi connectivity index (χ4v) is 2.22. The first-order valence-electron chi connectivity index (χ1n) is 6.63. The monoisotopic (exact) mass is 233 g/mol. The van der Waals surface area contributed by atoms with Crippen LogP contribution in [0.15, 0.2) is 18.3 Å². The van der Waals surface area contributed by atoms with Crippen molar-refractivity contribution in [1.82, 2.24) is 4.98 Å². The Kier molecular flexibility index (Phi) is 4.00. The lowest BCUT2D eigenvalue weighted by Crippen LogP contribution is -2.29. The molecule has 1 aliphatic carbocycles. The number of aromatic nitrogens is 1. The van der Waals surface area contributed by atoms with Crippen LogP contribution in [0, 0.1) is 5.92 Å². The van der Waals surface area contributed by atoms with Crippen LogP contribution in [0.2, 0.25) is 0 Å². The predicted octanol–water partition coefficient (Wildman–Crippen LogP) is 2.73. The van der Waals surface area contributed by atoms with E-state index in [4.69, 9.17) is 5.73 Å². The summed E-state index contributed by atoms with van der Waals surface area (Å²) >= 11 is 0. The van der Waals surface area contributed by atoms with Gasteiger partial charge in [-0.3, -0.25) is 4.98 Å². The summed E-state index contributed by atoms with van der Waals surface area (Å²) in [6.45, 7) is 3.24. The zero-order valence-electron chi connectivity index (χ0n) is 10.9. The van der Waals surface area contributed by atoms with Gasteiger partial charge in [-0.05, 0) is 37.3 Å². The van der Waals surface area contributed by atoms with E-state index in [-0.39, 0.29) is 6.04 Å². The first kappa shape index (κ1) is 12.4. The van der Waals surface area contributed by atoms with Crippen LogP contribution in [0.1, 0.15) is 44.3 Å². The van der Waals surface area contributed by atoms with E-state index in [1.807, 2.05) is 6.20 Å². The van der Waals surface area contributed by atoms with Crippen LogP contribution in [-0.2, 0) is 0 Å². The lowest BCUT2D eigenvalue weighted by molar-refractivity contribution is 0.321. The molecule has 0 spiro atoms. The third-order valence-electron chi connectivity index (χ3n) is 3.79. The maximum atomic E-state index is 5.96. The van der Waals surface area contributed by atoms with Crippen molar-refractivity contribution in [3.63, 3.8) is 0 Å². The maximum Gasteiger partial charge on any atom is 0.0572 e. The summed E-state index contributed by atoms with van der Waals surface area (Å²) in [6.07, 6.45) is 7.06. The van der Waals surface area contributed by atoms with Crippen molar-refractivity contribution in [2.45, 2.75) is 38.6 Å². The van der Waals surface area contributed by atoms with Crippen LogP contribution >= 0.6 is 0 Å². The number of anilines is 1. The highest BCUT2D eigenvalue weighted by Gasteiger charge is 2.19. The molecule has 0 aliphatic heterocycles. The van der Waals surface area contributed by atoms with Gasteiger partial charge in [0.1, 0.15) is 0 Å². The van der Waals surface area contributed by atoms with Gasteiger partial charge in [-0.1, -0.05) is 13.3 Å². The van der Waals surface area contributed by atoms with Crippen molar-refractivity contribution < 1.29 is 0 Å². The molecule has 0 bridgehead atoms. The number of hydrogen-bond acceptors (Lipinski definition) is 3. The van der Waals surface area contributed by atoms with E-state index < -0.39 is 0 Å². The first-order chi connectivity index (χ1) is 8.20. The second-order valence-electron chi connectivity index (χ2n) is 5.13. The average molecular weight is 233 g/mol. The second kappa shape index (κ2) is 5.50. The van der Waals surface area contributed by atoms with Gasteiger partial charge in [0.2, 0.25) is 0 Å². The molecule has 0 radical (unpaired) electrons. The minimum absolute atomic E-state index is 0.0704. The van der Waals surface area contributed by atoms with Crippen LogP contribution in [0.4, 0.5) is 5.69 Å². The van der Waals surface area contributed by atoms with E-state index in [1.54, 1.807) is 0 Å². The van der Waals surface area contributed by atoms with Crippen molar-refractivity contribution in [1.29, 1.82) is 0 Å². The highest BCUT2D eigenvalue weighted by Crippen LogP contribution is 2.28. The Morgan fingerprint density at radius 2 is 2.24 bits per heavy atom. The molecule has 17 heavy (non-hydrogen) atoms. The van der Waals surface area contributed by atoms with Crippen LogP contribution < -0.4 is 10.6 Å². The third-order valence-corrected chi connectivity index (χ3v) is 3.79. The van der Waals surface area contributed by atoms with Crippen LogP contribution in [-0.4, -0.2) is 18.6 Å². The van der Waals surface area contributed by atoms with Crippen molar-refractivity contribution >= 4 is 5.69 Å². The fraction of sp³-hybridized carbons (Fsp3) is 0.643. The molecule has 1 fully saturated rings. The van der Waals surface area contributed by atoms with Gasteiger partial charge >= 0.3 is 0 Å². The van der Waals surface area contributed by atoms with E-state index in [0.29, 0.717) is 0 Å². The van der Waals surface area contributed by atoms with Crippen LogP contribution in [0.3, 0.4) is 0 Å². The molecule has 1 aromatic heterocycles. The Morgan fingerprint density at radius 3 is 2.71 bits per heavy atom. The molecule has 1 atom stereocenters. The normalized spacial score (nSPS) is 17.6. The van der Waals surface area contributed by atoms with E-state index in [2.05, 4.69) is 36.0 Å². The molecule has 2 N–H and O–H groups in total. The first-order valence-corrected chi connectivity index (χ1v) is 6.63. The Morgan fingerprint density at radius 1 is 1.47 bits per heavy atom. The molecule has 94 valence electrons. The smallest absolute Gasteiger partial charge is 0.0572 e. The molecule has 1 heterocycles. The molecular formula is C14H23N3. The van der Waals surface area contributed by atoms with Crippen molar-refractivity contribution in [3.05, 3.63) is 24.0 Å². The Hall–Kier alpha value is -1.09. The average Bonchev–Trinajstić information content (AvgIpc) is 2.32. The van der Waals surface area contributed by atoms with Crippen molar-refractivity contribution in [3.8, 4) is 0 Å². The molecule has 1 aliphatic rings. The van der Waals surface area contributed by atoms with E-state index in [9.17, 15) is 0 Å². The summed E-state index contributed by atoms with van der Waals surface area (Å²) in [6, 6.07) is 4.26. The molecule has 3 heteroatoms. The maximum absolute atomic E-state index is 5.96. The molecule has 1 aromatic rings. The molecule has 3 nitrogen and oxygen atoms in total. The standard InChI is InChI=1S/C14H23N3/c1-3-13(15)14-8-7-12(9-16-14)17(2)10-11-5-4-6-11/h7-9,11,13H,3-6,10,15H2,1-2H3/t13-/m1/s1. The largest absolute Gasteiger partial charge is 0.373 e. The van der Waals surface area contributed by atoms with Gasteiger partial charge in [0.05, 0.1) is 17.6 Å². The minimum Gasteiger partial charge on any atom is -0.373 e. The number of nitrogens with zero attached hydrogens (tertiary/aromatic N) is 2. The lowest BCUT2D eigenvalue weighted by atomic mass is 9.85.